The fraction of sp³-hybridized carbons (Fsp3) is 1.00. The summed E-state index contributed by atoms with van der Waals surface area (Å²) in [4.78, 5) is 0. The van der Waals surface area contributed by atoms with Crippen molar-refractivity contribution >= 4 is 16.6 Å². The minimum Gasteiger partial charge on any atom is -0.416 e. The molecule has 5 nitrogen and oxygen atoms in total. The summed E-state index contributed by atoms with van der Waals surface area (Å²) >= 11 is 0. The molecule has 0 bridgehead atoms. The first-order valence-electron chi connectivity index (χ1n) is 14.5. The second-order valence-electron chi connectivity index (χ2n) is 15.7. The Labute approximate surface area is 234 Å². The summed E-state index contributed by atoms with van der Waals surface area (Å²) in [6.45, 7) is 40.8. The van der Waals surface area contributed by atoms with E-state index in [4.69, 9.17) is 23.1 Å². The predicted octanol–water partition coefficient (Wildman–Crippen LogP) is 9.18. The molecule has 224 valence electrons. The van der Waals surface area contributed by atoms with E-state index in [-0.39, 0.29) is 33.0 Å². The lowest BCUT2D eigenvalue weighted by Crippen LogP contribution is -2.47. The Hall–Kier alpha value is 0.234. The quantitative estimate of drug-likeness (QED) is 0.131. The molecular weight excluding hydrogens is 496 g/mol. The van der Waals surface area contributed by atoms with Crippen molar-refractivity contribution in [2.75, 3.05) is 26.4 Å². The van der Waals surface area contributed by atoms with Crippen LogP contribution < -0.4 is 0 Å². The molecule has 0 aliphatic heterocycles. The van der Waals surface area contributed by atoms with Crippen molar-refractivity contribution < 1.29 is 23.1 Å². The van der Waals surface area contributed by atoms with E-state index >= 15 is 0 Å². The molecule has 0 amide bonds. The fourth-order valence-electron chi connectivity index (χ4n) is 3.35. The van der Waals surface area contributed by atoms with Crippen molar-refractivity contribution in [3.63, 3.8) is 0 Å². The Morgan fingerprint density at radius 3 is 1.43 bits per heavy atom. The van der Waals surface area contributed by atoms with Gasteiger partial charge in [-0.3, -0.25) is 0 Å². The van der Waals surface area contributed by atoms with Crippen LogP contribution in [0.15, 0.2) is 0 Å². The highest BCUT2D eigenvalue weighted by molar-refractivity contribution is 6.74. The van der Waals surface area contributed by atoms with E-state index in [1.54, 1.807) is 0 Å². The van der Waals surface area contributed by atoms with E-state index in [9.17, 15) is 0 Å². The van der Waals surface area contributed by atoms with Crippen LogP contribution in [0.2, 0.25) is 36.3 Å². The summed E-state index contributed by atoms with van der Waals surface area (Å²) in [5.74, 6) is 0. The average molecular weight is 563 g/mol. The van der Waals surface area contributed by atoms with Gasteiger partial charge in [-0.15, -0.1) is 0 Å². The lowest BCUT2D eigenvalue weighted by atomic mass is 9.83. The van der Waals surface area contributed by atoms with Gasteiger partial charge in [0.15, 0.2) is 22.9 Å². The second kappa shape index (κ2) is 13.7. The molecular formula is C30H66O5Si2. The van der Waals surface area contributed by atoms with E-state index in [0.29, 0.717) is 13.2 Å². The van der Waals surface area contributed by atoms with Crippen LogP contribution in [0, 0.1) is 5.41 Å². The Morgan fingerprint density at radius 1 is 0.622 bits per heavy atom. The van der Waals surface area contributed by atoms with Crippen LogP contribution in [0.4, 0.5) is 0 Å². The zero-order valence-corrected chi connectivity index (χ0v) is 30.1. The van der Waals surface area contributed by atoms with E-state index in [1.165, 1.54) is 0 Å². The van der Waals surface area contributed by atoms with E-state index in [1.807, 2.05) is 13.8 Å². The summed E-state index contributed by atoms with van der Waals surface area (Å²) in [5, 5.41) is 0.371. The molecule has 1 atom stereocenters. The topological polar surface area (TPSA) is 46.2 Å². The van der Waals surface area contributed by atoms with Crippen LogP contribution in [0.25, 0.3) is 0 Å². The number of ether oxygens (including phenoxy) is 3. The standard InChI is InChI=1S/C30H66O5Si2/c1-18-31-25(2)35-29(11,12)21-22-32-28(9,10)19-20-30(13,23-33-36(14,15)26(3,4)5)24-34-37(16,17)27(6,7)8/h25H,18-24H2,1-17H3. The average Bonchev–Trinajstić information content (AvgIpc) is 2.67. The van der Waals surface area contributed by atoms with Crippen LogP contribution in [-0.4, -0.2) is 60.6 Å². The van der Waals surface area contributed by atoms with Gasteiger partial charge in [0, 0.05) is 25.2 Å². The van der Waals surface area contributed by atoms with Gasteiger partial charge in [-0.05, 0) is 97.1 Å². The van der Waals surface area contributed by atoms with Crippen molar-refractivity contribution in [1.29, 1.82) is 0 Å². The molecule has 0 saturated heterocycles. The van der Waals surface area contributed by atoms with Crippen molar-refractivity contribution in [2.24, 2.45) is 5.41 Å². The lowest BCUT2D eigenvalue weighted by molar-refractivity contribution is -0.196. The van der Waals surface area contributed by atoms with Crippen LogP contribution in [0.3, 0.4) is 0 Å². The van der Waals surface area contributed by atoms with Crippen molar-refractivity contribution in [1.82, 2.24) is 0 Å². The molecule has 7 heteroatoms. The Bertz CT molecular complexity index is 630. The summed E-state index contributed by atoms with van der Waals surface area (Å²) in [5.41, 5.74) is -0.606. The molecule has 0 aromatic carbocycles. The van der Waals surface area contributed by atoms with Crippen LogP contribution in [-0.2, 0) is 23.1 Å². The molecule has 0 rings (SSSR count). The van der Waals surface area contributed by atoms with Crippen LogP contribution in [0.1, 0.15) is 109 Å². The lowest BCUT2D eigenvalue weighted by Gasteiger charge is -2.43. The Kier molecular flexibility index (Phi) is 13.8. The smallest absolute Gasteiger partial charge is 0.192 e. The highest BCUT2D eigenvalue weighted by Crippen LogP contribution is 2.41. The molecule has 0 saturated carbocycles. The first kappa shape index (κ1) is 37.2. The van der Waals surface area contributed by atoms with Crippen LogP contribution in [0.5, 0.6) is 0 Å². The van der Waals surface area contributed by atoms with Crippen LogP contribution >= 0.6 is 0 Å². The van der Waals surface area contributed by atoms with Gasteiger partial charge in [0.1, 0.15) is 0 Å². The normalized spacial score (nSPS) is 15.8. The zero-order chi connectivity index (χ0) is 29.6. The van der Waals surface area contributed by atoms with Gasteiger partial charge in [0.25, 0.3) is 0 Å². The van der Waals surface area contributed by atoms with Gasteiger partial charge in [-0.25, -0.2) is 0 Å². The van der Waals surface area contributed by atoms with Gasteiger partial charge < -0.3 is 23.1 Å². The minimum atomic E-state index is -1.86. The molecule has 0 spiro atoms. The third-order valence-corrected chi connectivity index (χ3v) is 17.5. The Morgan fingerprint density at radius 2 is 1.05 bits per heavy atom. The van der Waals surface area contributed by atoms with Gasteiger partial charge in [0.2, 0.25) is 0 Å². The summed E-state index contributed by atoms with van der Waals surface area (Å²) in [6, 6.07) is 0. The summed E-state index contributed by atoms with van der Waals surface area (Å²) < 4.78 is 31.6. The maximum absolute atomic E-state index is 6.76. The SMILES string of the molecule is CCOC(C)OC(C)(C)CCOC(C)(C)CCC(C)(CO[Si](C)(C)C(C)(C)C)CO[Si](C)(C)C(C)(C)C. The molecule has 1 unspecified atom stereocenters. The third-order valence-electron chi connectivity index (χ3n) is 8.59. The summed E-state index contributed by atoms with van der Waals surface area (Å²) in [7, 11) is -3.72. The maximum atomic E-state index is 6.76. The highest BCUT2D eigenvalue weighted by Gasteiger charge is 2.42. The first-order chi connectivity index (χ1) is 16.3. The molecule has 0 N–H and O–H groups in total. The molecule has 0 radical (unpaired) electrons. The molecule has 0 fully saturated rings. The van der Waals surface area contributed by atoms with Gasteiger partial charge >= 0.3 is 0 Å². The number of hydrogen-bond acceptors (Lipinski definition) is 5. The monoisotopic (exact) mass is 562 g/mol. The predicted molar refractivity (Wildman–Crippen MR) is 165 cm³/mol. The highest BCUT2D eigenvalue weighted by atomic mass is 28.4. The van der Waals surface area contributed by atoms with Gasteiger partial charge in [-0.2, -0.15) is 0 Å². The third kappa shape index (κ3) is 13.9. The van der Waals surface area contributed by atoms with Crippen molar-refractivity contribution in [3.8, 4) is 0 Å². The summed E-state index contributed by atoms with van der Waals surface area (Å²) in [6.07, 6.45) is 2.54. The van der Waals surface area contributed by atoms with E-state index in [2.05, 4.69) is 102 Å². The first-order valence-corrected chi connectivity index (χ1v) is 20.3. The maximum Gasteiger partial charge on any atom is 0.192 e. The number of hydrogen-bond donors (Lipinski definition) is 0. The molecule has 0 heterocycles. The molecule has 0 aliphatic carbocycles. The zero-order valence-electron chi connectivity index (χ0n) is 28.1. The molecule has 37 heavy (non-hydrogen) atoms. The Balaban J connectivity index is 5.32. The largest absolute Gasteiger partial charge is 0.416 e. The molecule has 0 aromatic rings. The van der Waals surface area contributed by atoms with E-state index in [0.717, 1.165) is 32.5 Å². The fourth-order valence-corrected chi connectivity index (χ4v) is 5.64. The number of rotatable bonds is 17. The van der Waals surface area contributed by atoms with Gasteiger partial charge in [0.05, 0.1) is 17.8 Å². The molecule has 0 aliphatic rings. The van der Waals surface area contributed by atoms with Gasteiger partial charge in [-0.1, -0.05) is 48.5 Å². The second-order valence-corrected chi connectivity index (χ2v) is 25.3. The molecule has 0 aromatic heterocycles. The minimum absolute atomic E-state index is 0.0685. The van der Waals surface area contributed by atoms with Crippen molar-refractivity contribution in [3.05, 3.63) is 0 Å². The van der Waals surface area contributed by atoms with Crippen molar-refractivity contribution in [2.45, 2.75) is 163 Å². The van der Waals surface area contributed by atoms with E-state index < -0.39 is 16.6 Å².